The van der Waals surface area contributed by atoms with Gasteiger partial charge in [0.05, 0.1) is 29.3 Å². The van der Waals surface area contributed by atoms with Crippen LogP contribution in [0.15, 0.2) is 47.3 Å². The summed E-state index contributed by atoms with van der Waals surface area (Å²) in [6.45, 7) is 3.88. The number of phenols is 1. The molecule has 0 aliphatic heterocycles. The third kappa shape index (κ3) is 2.98. The zero-order valence-corrected chi connectivity index (χ0v) is 14.2. The van der Waals surface area contributed by atoms with Crippen LogP contribution in [0.3, 0.4) is 0 Å². The van der Waals surface area contributed by atoms with E-state index in [1.807, 2.05) is 13.8 Å². The van der Waals surface area contributed by atoms with Crippen molar-refractivity contribution in [3.8, 4) is 11.4 Å². The van der Waals surface area contributed by atoms with Crippen molar-refractivity contribution < 1.29 is 14.6 Å². The van der Waals surface area contributed by atoms with Gasteiger partial charge in [-0.1, -0.05) is 13.8 Å². The predicted octanol–water partition coefficient (Wildman–Crippen LogP) is 3.00. The number of esters is 1. The molecule has 0 radical (unpaired) electrons. The van der Waals surface area contributed by atoms with Gasteiger partial charge in [0, 0.05) is 12.0 Å². The Morgan fingerprint density at radius 1 is 1.16 bits per heavy atom. The van der Waals surface area contributed by atoms with Gasteiger partial charge in [-0.25, -0.2) is 9.78 Å². The molecule has 0 aliphatic carbocycles. The highest BCUT2D eigenvalue weighted by Crippen LogP contribution is 2.21. The summed E-state index contributed by atoms with van der Waals surface area (Å²) in [7, 11) is 1.32. The molecule has 1 heterocycles. The lowest BCUT2D eigenvalue weighted by Crippen LogP contribution is -2.24. The zero-order valence-electron chi connectivity index (χ0n) is 14.2. The molecule has 0 spiro atoms. The minimum absolute atomic E-state index is 0.0141. The summed E-state index contributed by atoms with van der Waals surface area (Å²) in [5.74, 6) is 0.193. The fourth-order valence-corrected chi connectivity index (χ4v) is 2.69. The van der Waals surface area contributed by atoms with Crippen molar-refractivity contribution in [3.05, 3.63) is 64.2 Å². The van der Waals surface area contributed by atoms with Crippen LogP contribution in [0.4, 0.5) is 0 Å². The standard InChI is InChI=1S/C19H18N2O4/c1-11(2)17-20-16-10-14(22)8-9-15(16)18(23)21(17)13-6-4-12(5-7-13)19(24)25-3/h4-11,22H,1-3H3. The number of carbonyl (C=O) groups excluding carboxylic acids is 1. The number of fused-ring (bicyclic) bond motifs is 1. The van der Waals surface area contributed by atoms with E-state index >= 15 is 0 Å². The molecule has 0 aliphatic rings. The van der Waals surface area contributed by atoms with Gasteiger partial charge in [-0.3, -0.25) is 9.36 Å². The van der Waals surface area contributed by atoms with E-state index in [1.165, 1.54) is 23.8 Å². The molecule has 128 valence electrons. The van der Waals surface area contributed by atoms with Gasteiger partial charge in [0.2, 0.25) is 0 Å². The molecule has 1 aromatic heterocycles. The lowest BCUT2D eigenvalue weighted by molar-refractivity contribution is 0.0600. The summed E-state index contributed by atoms with van der Waals surface area (Å²) in [6, 6.07) is 11.1. The maximum absolute atomic E-state index is 13.0. The maximum atomic E-state index is 13.0. The highest BCUT2D eigenvalue weighted by Gasteiger charge is 2.16. The van der Waals surface area contributed by atoms with E-state index in [9.17, 15) is 14.7 Å². The van der Waals surface area contributed by atoms with Crippen LogP contribution in [-0.2, 0) is 4.74 Å². The zero-order chi connectivity index (χ0) is 18.1. The van der Waals surface area contributed by atoms with Crippen LogP contribution in [0, 0.1) is 0 Å². The number of methoxy groups -OCH3 is 1. The quantitative estimate of drug-likeness (QED) is 0.743. The SMILES string of the molecule is COC(=O)c1ccc(-n2c(C(C)C)nc3cc(O)ccc3c2=O)cc1. The molecule has 0 unspecified atom stereocenters. The first-order valence-electron chi connectivity index (χ1n) is 7.87. The molecular formula is C19H18N2O4. The number of rotatable bonds is 3. The Balaban J connectivity index is 2.25. The van der Waals surface area contributed by atoms with Crippen LogP contribution in [0.2, 0.25) is 0 Å². The minimum Gasteiger partial charge on any atom is -0.508 e. The fourth-order valence-electron chi connectivity index (χ4n) is 2.69. The molecule has 0 saturated carbocycles. The number of hydrogen-bond donors (Lipinski definition) is 1. The van der Waals surface area contributed by atoms with Crippen LogP contribution in [0.25, 0.3) is 16.6 Å². The first-order chi connectivity index (χ1) is 11.9. The summed E-state index contributed by atoms with van der Waals surface area (Å²) < 4.78 is 6.23. The topological polar surface area (TPSA) is 81.4 Å². The molecule has 6 nitrogen and oxygen atoms in total. The summed E-state index contributed by atoms with van der Waals surface area (Å²) in [4.78, 5) is 29.1. The van der Waals surface area contributed by atoms with E-state index in [2.05, 4.69) is 4.98 Å². The van der Waals surface area contributed by atoms with Crippen LogP contribution in [-0.4, -0.2) is 27.7 Å². The van der Waals surface area contributed by atoms with Gasteiger partial charge in [-0.05, 0) is 36.4 Å². The van der Waals surface area contributed by atoms with E-state index in [0.717, 1.165) is 0 Å². The van der Waals surface area contributed by atoms with Crippen LogP contribution in [0.5, 0.6) is 5.75 Å². The number of ether oxygens (including phenoxy) is 1. The minimum atomic E-state index is -0.435. The Morgan fingerprint density at radius 2 is 1.84 bits per heavy atom. The number of nitrogens with zero attached hydrogens (tertiary/aromatic N) is 2. The largest absolute Gasteiger partial charge is 0.508 e. The Kier molecular flexibility index (Phi) is 4.27. The summed E-state index contributed by atoms with van der Waals surface area (Å²) >= 11 is 0. The van der Waals surface area contributed by atoms with Crippen molar-refractivity contribution >= 4 is 16.9 Å². The van der Waals surface area contributed by atoms with E-state index in [-0.39, 0.29) is 17.2 Å². The van der Waals surface area contributed by atoms with Crippen molar-refractivity contribution in [1.29, 1.82) is 0 Å². The summed E-state index contributed by atoms with van der Waals surface area (Å²) in [5.41, 5.74) is 1.25. The van der Waals surface area contributed by atoms with Gasteiger partial charge in [-0.15, -0.1) is 0 Å². The molecule has 0 amide bonds. The summed E-state index contributed by atoms with van der Waals surface area (Å²) in [5, 5.41) is 10.1. The first kappa shape index (κ1) is 16.7. The Hall–Kier alpha value is -3.15. The smallest absolute Gasteiger partial charge is 0.337 e. The fraction of sp³-hybridized carbons (Fsp3) is 0.211. The molecular weight excluding hydrogens is 320 g/mol. The molecule has 1 N–H and O–H groups in total. The van der Waals surface area contributed by atoms with Gasteiger partial charge < -0.3 is 9.84 Å². The van der Waals surface area contributed by atoms with Gasteiger partial charge in [0.1, 0.15) is 11.6 Å². The second kappa shape index (κ2) is 6.39. The number of phenolic OH excluding ortho intramolecular Hbond substituents is 1. The lowest BCUT2D eigenvalue weighted by Gasteiger charge is -2.16. The molecule has 0 fully saturated rings. The lowest BCUT2D eigenvalue weighted by atomic mass is 10.1. The monoisotopic (exact) mass is 338 g/mol. The molecule has 3 rings (SSSR count). The number of aromatic hydroxyl groups is 1. The van der Waals surface area contributed by atoms with Crippen molar-refractivity contribution in [2.75, 3.05) is 7.11 Å². The number of carbonyl (C=O) groups is 1. The average molecular weight is 338 g/mol. The molecule has 0 saturated heterocycles. The van der Waals surface area contributed by atoms with Gasteiger partial charge in [0.25, 0.3) is 5.56 Å². The van der Waals surface area contributed by atoms with Gasteiger partial charge >= 0.3 is 5.97 Å². The molecule has 25 heavy (non-hydrogen) atoms. The second-order valence-corrected chi connectivity index (χ2v) is 6.01. The van der Waals surface area contributed by atoms with E-state index in [1.54, 1.807) is 30.3 Å². The van der Waals surface area contributed by atoms with Crippen molar-refractivity contribution in [3.63, 3.8) is 0 Å². The Labute approximate surface area is 144 Å². The van der Waals surface area contributed by atoms with Crippen LogP contribution in [0.1, 0.15) is 35.9 Å². The molecule has 0 bridgehead atoms. The third-order valence-electron chi connectivity index (χ3n) is 3.94. The predicted molar refractivity (Wildman–Crippen MR) is 94.4 cm³/mol. The second-order valence-electron chi connectivity index (χ2n) is 6.01. The van der Waals surface area contributed by atoms with Gasteiger partial charge in [0.15, 0.2) is 0 Å². The maximum Gasteiger partial charge on any atom is 0.337 e. The van der Waals surface area contributed by atoms with Gasteiger partial charge in [-0.2, -0.15) is 0 Å². The first-order valence-corrected chi connectivity index (χ1v) is 7.87. The average Bonchev–Trinajstić information content (AvgIpc) is 2.60. The van der Waals surface area contributed by atoms with Crippen molar-refractivity contribution in [2.45, 2.75) is 19.8 Å². The van der Waals surface area contributed by atoms with E-state index in [0.29, 0.717) is 28.0 Å². The number of aromatic nitrogens is 2. The van der Waals surface area contributed by atoms with Crippen molar-refractivity contribution in [2.24, 2.45) is 0 Å². The number of hydrogen-bond acceptors (Lipinski definition) is 5. The van der Waals surface area contributed by atoms with Crippen LogP contribution < -0.4 is 5.56 Å². The van der Waals surface area contributed by atoms with Crippen molar-refractivity contribution in [1.82, 2.24) is 9.55 Å². The highest BCUT2D eigenvalue weighted by molar-refractivity contribution is 5.89. The van der Waals surface area contributed by atoms with E-state index < -0.39 is 5.97 Å². The summed E-state index contributed by atoms with van der Waals surface area (Å²) in [6.07, 6.45) is 0. The third-order valence-corrected chi connectivity index (χ3v) is 3.94. The van der Waals surface area contributed by atoms with E-state index in [4.69, 9.17) is 4.74 Å². The van der Waals surface area contributed by atoms with Crippen LogP contribution >= 0.6 is 0 Å². The Morgan fingerprint density at radius 3 is 2.44 bits per heavy atom. The Bertz CT molecular complexity index is 1000. The number of benzene rings is 2. The normalized spacial score (nSPS) is 11.0. The molecule has 2 aromatic carbocycles. The molecule has 3 aromatic rings. The molecule has 0 atom stereocenters. The highest BCUT2D eigenvalue weighted by atomic mass is 16.5. The molecule has 6 heteroatoms.